The number of urea groups is 1. The second-order valence-electron chi connectivity index (χ2n) is 7.21. The highest BCUT2D eigenvalue weighted by molar-refractivity contribution is 5.91. The summed E-state index contributed by atoms with van der Waals surface area (Å²) < 4.78 is 16.1. The van der Waals surface area contributed by atoms with Gasteiger partial charge in [0.1, 0.15) is 11.5 Å². The predicted octanol–water partition coefficient (Wildman–Crippen LogP) is 3.58. The van der Waals surface area contributed by atoms with E-state index in [-0.39, 0.29) is 6.03 Å². The van der Waals surface area contributed by atoms with Crippen molar-refractivity contribution in [2.75, 3.05) is 65.5 Å². The van der Waals surface area contributed by atoms with E-state index in [9.17, 15) is 4.79 Å². The van der Waals surface area contributed by atoms with Crippen molar-refractivity contribution in [2.45, 2.75) is 0 Å². The molecule has 0 bridgehead atoms. The van der Waals surface area contributed by atoms with Gasteiger partial charge in [0.2, 0.25) is 0 Å². The molecule has 3 rings (SSSR count). The lowest BCUT2D eigenvalue weighted by Gasteiger charge is -2.30. The predicted molar refractivity (Wildman–Crippen MR) is 123 cm³/mol. The Labute approximate surface area is 184 Å². The Morgan fingerprint density at radius 2 is 1.90 bits per heavy atom. The van der Waals surface area contributed by atoms with Crippen molar-refractivity contribution >= 4 is 17.8 Å². The van der Waals surface area contributed by atoms with Crippen LogP contribution in [0.15, 0.2) is 54.6 Å². The number of ether oxygens (including phenoxy) is 3. The van der Waals surface area contributed by atoms with Crippen LogP contribution < -0.4 is 14.8 Å². The third-order valence-electron chi connectivity index (χ3n) is 5.16. The van der Waals surface area contributed by atoms with Crippen LogP contribution in [0.3, 0.4) is 0 Å². The van der Waals surface area contributed by atoms with E-state index in [0.29, 0.717) is 30.3 Å². The summed E-state index contributed by atoms with van der Waals surface area (Å²) in [5.74, 6) is 1.23. The minimum Gasteiger partial charge on any atom is -0.497 e. The highest BCUT2D eigenvalue weighted by atomic mass is 16.5. The molecule has 0 radical (unpaired) electrons. The van der Waals surface area contributed by atoms with Gasteiger partial charge < -0.3 is 24.4 Å². The van der Waals surface area contributed by atoms with E-state index in [1.165, 1.54) is 0 Å². The van der Waals surface area contributed by atoms with Crippen LogP contribution in [0, 0.1) is 0 Å². The number of hydrogen-bond acceptors (Lipinski definition) is 5. The molecule has 1 aliphatic heterocycles. The SMILES string of the molecule is COc1ccc(NC(=O)N(C/C=C/c2ccccc2)CCN2CCOCC2)c(OC)c1. The highest BCUT2D eigenvalue weighted by Gasteiger charge is 2.17. The Morgan fingerprint density at radius 3 is 2.61 bits per heavy atom. The molecular formula is C24H31N3O4. The molecule has 0 unspecified atom stereocenters. The zero-order chi connectivity index (χ0) is 21.9. The molecule has 0 aromatic heterocycles. The number of nitrogens with zero attached hydrogens (tertiary/aromatic N) is 2. The van der Waals surface area contributed by atoms with Crippen LogP contribution in [-0.2, 0) is 4.74 Å². The van der Waals surface area contributed by atoms with Gasteiger partial charge in [0.15, 0.2) is 0 Å². The Kier molecular flexibility index (Phi) is 8.75. The second kappa shape index (κ2) is 12.0. The normalized spacial score (nSPS) is 14.4. The maximum Gasteiger partial charge on any atom is 0.322 e. The first kappa shape index (κ1) is 22.7. The summed E-state index contributed by atoms with van der Waals surface area (Å²) in [6.07, 6.45) is 4.04. The van der Waals surface area contributed by atoms with E-state index in [1.54, 1.807) is 37.3 Å². The first-order chi connectivity index (χ1) is 15.2. The van der Waals surface area contributed by atoms with Crippen molar-refractivity contribution in [3.63, 3.8) is 0 Å². The third kappa shape index (κ3) is 7.01. The van der Waals surface area contributed by atoms with E-state index in [0.717, 1.165) is 38.4 Å². The molecule has 7 heteroatoms. The van der Waals surface area contributed by atoms with E-state index in [2.05, 4.69) is 10.2 Å². The molecule has 0 spiro atoms. The fourth-order valence-electron chi connectivity index (χ4n) is 3.34. The number of amides is 2. The van der Waals surface area contributed by atoms with Crippen LogP contribution in [0.5, 0.6) is 11.5 Å². The van der Waals surface area contributed by atoms with Gasteiger partial charge in [-0.15, -0.1) is 0 Å². The number of methoxy groups -OCH3 is 2. The van der Waals surface area contributed by atoms with Crippen molar-refractivity contribution in [2.24, 2.45) is 0 Å². The molecule has 166 valence electrons. The van der Waals surface area contributed by atoms with E-state index in [4.69, 9.17) is 14.2 Å². The lowest BCUT2D eigenvalue weighted by Crippen LogP contribution is -2.44. The molecule has 0 aliphatic carbocycles. The fraction of sp³-hybridized carbons (Fsp3) is 0.375. The van der Waals surface area contributed by atoms with Crippen molar-refractivity contribution < 1.29 is 19.0 Å². The first-order valence-electron chi connectivity index (χ1n) is 10.5. The molecular weight excluding hydrogens is 394 g/mol. The Hall–Kier alpha value is -3.03. The van der Waals surface area contributed by atoms with E-state index < -0.39 is 0 Å². The average molecular weight is 426 g/mol. The second-order valence-corrected chi connectivity index (χ2v) is 7.21. The summed E-state index contributed by atoms with van der Waals surface area (Å²) in [5, 5.41) is 2.98. The average Bonchev–Trinajstić information content (AvgIpc) is 2.82. The topological polar surface area (TPSA) is 63.3 Å². The minimum atomic E-state index is -0.172. The zero-order valence-corrected chi connectivity index (χ0v) is 18.3. The van der Waals surface area contributed by atoms with E-state index in [1.807, 2.05) is 42.5 Å². The number of hydrogen-bond donors (Lipinski definition) is 1. The molecule has 1 heterocycles. The molecule has 2 aromatic rings. The number of rotatable bonds is 9. The Balaban J connectivity index is 1.67. The van der Waals surface area contributed by atoms with Crippen LogP contribution >= 0.6 is 0 Å². The van der Waals surface area contributed by atoms with Gasteiger partial charge in [0, 0.05) is 38.8 Å². The molecule has 1 saturated heterocycles. The van der Waals surface area contributed by atoms with Crippen molar-refractivity contribution in [1.82, 2.24) is 9.80 Å². The van der Waals surface area contributed by atoms with Crippen LogP contribution in [0.25, 0.3) is 6.08 Å². The smallest absolute Gasteiger partial charge is 0.322 e. The molecule has 2 aromatic carbocycles. The van der Waals surface area contributed by atoms with Gasteiger partial charge in [-0.25, -0.2) is 4.79 Å². The quantitative estimate of drug-likeness (QED) is 0.665. The monoisotopic (exact) mass is 425 g/mol. The van der Waals surface area contributed by atoms with Gasteiger partial charge in [0.25, 0.3) is 0 Å². The van der Waals surface area contributed by atoms with Crippen molar-refractivity contribution in [1.29, 1.82) is 0 Å². The van der Waals surface area contributed by atoms with Gasteiger partial charge >= 0.3 is 6.03 Å². The third-order valence-corrected chi connectivity index (χ3v) is 5.16. The molecule has 0 atom stereocenters. The number of carbonyl (C=O) groups excluding carboxylic acids is 1. The van der Waals surface area contributed by atoms with Gasteiger partial charge in [-0.3, -0.25) is 4.90 Å². The fourth-order valence-corrected chi connectivity index (χ4v) is 3.34. The standard InChI is InChI=1S/C24H31N3O4/c1-29-21-10-11-22(23(19-21)30-2)25-24(28)27(14-13-26-15-17-31-18-16-26)12-6-9-20-7-4-3-5-8-20/h3-11,19H,12-18H2,1-2H3,(H,25,28)/b9-6+. The van der Waals surface area contributed by atoms with Crippen LogP contribution in [0.4, 0.5) is 10.5 Å². The van der Waals surface area contributed by atoms with E-state index >= 15 is 0 Å². The maximum atomic E-state index is 13.1. The largest absolute Gasteiger partial charge is 0.497 e. The number of anilines is 1. The van der Waals surface area contributed by atoms with Gasteiger partial charge in [-0.05, 0) is 17.7 Å². The Morgan fingerprint density at radius 1 is 1.13 bits per heavy atom. The molecule has 1 fully saturated rings. The molecule has 31 heavy (non-hydrogen) atoms. The lowest BCUT2D eigenvalue weighted by molar-refractivity contribution is 0.0355. The molecule has 7 nitrogen and oxygen atoms in total. The van der Waals surface area contributed by atoms with Crippen LogP contribution in [-0.4, -0.2) is 76.0 Å². The summed E-state index contributed by atoms with van der Waals surface area (Å²) in [4.78, 5) is 17.2. The zero-order valence-electron chi connectivity index (χ0n) is 18.3. The highest BCUT2D eigenvalue weighted by Crippen LogP contribution is 2.29. The molecule has 0 saturated carbocycles. The minimum absolute atomic E-state index is 0.172. The maximum absolute atomic E-state index is 13.1. The van der Waals surface area contributed by atoms with Gasteiger partial charge in [0.05, 0.1) is 33.1 Å². The molecule has 1 aliphatic rings. The van der Waals surface area contributed by atoms with Crippen molar-refractivity contribution in [3.05, 3.63) is 60.2 Å². The van der Waals surface area contributed by atoms with Crippen molar-refractivity contribution in [3.8, 4) is 11.5 Å². The number of morpholine rings is 1. The van der Waals surface area contributed by atoms with Crippen LogP contribution in [0.2, 0.25) is 0 Å². The lowest BCUT2D eigenvalue weighted by atomic mass is 10.2. The van der Waals surface area contributed by atoms with Gasteiger partial charge in [-0.2, -0.15) is 0 Å². The first-order valence-corrected chi connectivity index (χ1v) is 10.5. The number of nitrogens with one attached hydrogen (secondary N) is 1. The summed E-state index contributed by atoms with van der Waals surface area (Å²) >= 11 is 0. The number of carbonyl (C=O) groups is 1. The molecule has 2 amide bonds. The van der Waals surface area contributed by atoms with Gasteiger partial charge in [-0.1, -0.05) is 42.5 Å². The number of benzene rings is 2. The van der Waals surface area contributed by atoms with Crippen LogP contribution in [0.1, 0.15) is 5.56 Å². The Bertz CT molecular complexity index is 851. The summed E-state index contributed by atoms with van der Waals surface area (Å²) in [5.41, 5.74) is 1.71. The molecule has 1 N–H and O–H groups in total. The summed E-state index contributed by atoms with van der Waals surface area (Å²) in [6, 6.07) is 15.2. The summed E-state index contributed by atoms with van der Waals surface area (Å²) in [7, 11) is 3.17. The summed E-state index contributed by atoms with van der Waals surface area (Å²) in [6.45, 7) is 5.18.